The number of nitrogens with zero attached hydrogens (tertiary/aromatic N) is 4. The van der Waals surface area contributed by atoms with E-state index in [2.05, 4.69) is 89.5 Å². The van der Waals surface area contributed by atoms with Crippen molar-refractivity contribution in [2.75, 3.05) is 7.11 Å². The Morgan fingerprint density at radius 2 is 1.35 bits per heavy atom. The van der Waals surface area contributed by atoms with Crippen LogP contribution in [0.5, 0.6) is 5.75 Å². The number of carboxylic acid groups (broad SMARTS) is 3. The molecule has 0 saturated heterocycles. The van der Waals surface area contributed by atoms with Crippen LogP contribution < -0.4 is 4.74 Å². The molecule has 12 heteroatoms. The maximum atomic E-state index is 10.3. The summed E-state index contributed by atoms with van der Waals surface area (Å²) >= 11 is 0. The fraction of sp³-hybridized carbons (Fsp3) is 0.324. The number of rotatable bonds is 14. The number of carbonyl (C=O) groups is 3. The van der Waals surface area contributed by atoms with Crippen molar-refractivity contribution in [2.45, 2.75) is 65.4 Å². The first-order valence-electron chi connectivity index (χ1n) is 14.5. The Balaban J connectivity index is 0.000000376. The minimum atomic E-state index is -2.74. The Bertz CT molecular complexity index is 1600. The van der Waals surface area contributed by atoms with E-state index in [0.717, 1.165) is 42.3 Å². The zero-order chi connectivity index (χ0) is 33.9. The lowest BCUT2D eigenvalue weighted by Crippen LogP contribution is -2.42. The van der Waals surface area contributed by atoms with E-state index < -0.39 is 36.4 Å². The minimum absolute atomic E-state index is 0.693. The predicted octanol–water partition coefficient (Wildman–Crippen LogP) is 4.21. The summed E-state index contributed by atoms with van der Waals surface area (Å²) in [6.45, 7) is 9.51. The van der Waals surface area contributed by atoms with Crippen molar-refractivity contribution in [3.63, 3.8) is 0 Å². The molecule has 0 radical (unpaired) electrons. The van der Waals surface area contributed by atoms with E-state index in [1.807, 2.05) is 24.0 Å². The molecule has 0 saturated carbocycles. The maximum absolute atomic E-state index is 10.3. The Morgan fingerprint density at radius 3 is 1.85 bits per heavy atom. The van der Waals surface area contributed by atoms with Gasteiger partial charge in [-0.2, -0.15) is 5.10 Å². The van der Waals surface area contributed by atoms with Crippen molar-refractivity contribution in [3.8, 4) is 5.75 Å². The molecule has 2 aromatic carbocycles. The third kappa shape index (κ3) is 10.8. The topological polar surface area (TPSA) is 175 Å². The van der Waals surface area contributed by atoms with Crippen LogP contribution in [0.1, 0.15) is 52.0 Å². The van der Waals surface area contributed by atoms with Crippen molar-refractivity contribution < 1.29 is 39.5 Å². The van der Waals surface area contributed by atoms with Crippen LogP contribution in [0.4, 0.5) is 0 Å². The van der Waals surface area contributed by atoms with Crippen LogP contribution >= 0.6 is 0 Å². The Hall–Kier alpha value is -5.07. The fourth-order valence-corrected chi connectivity index (χ4v) is 4.89. The number of hydrogen-bond donors (Lipinski definition) is 4. The third-order valence-corrected chi connectivity index (χ3v) is 7.14. The second kappa shape index (κ2) is 16.3. The molecule has 0 atom stereocenters. The molecule has 0 aliphatic rings. The Morgan fingerprint density at radius 1 is 0.804 bits per heavy atom. The number of pyridine rings is 1. The van der Waals surface area contributed by atoms with E-state index in [-0.39, 0.29) is 0 Å². The molecule has 4 N–H and O–H groups in total. The normalized spacial score (nSPS) is 11.1. The summed E-state index contributed by atoms with van der Waals surface area (Å²) in [6.07, 6.45) is 1.43. The number of aromatic nitrogens is 3. The van der Waals surface area contributed by atoms with Crippen LogP contribution in [0.2, 0.25) is 0 Å². The van der Waals surface area contributed by atoms with Crippen LogP contribution in [0, 0.1) is 20.8 Å². The van der Waals surface area contributed by atoms with Crippen molar-refractivity contribution in [1.29, 1.82) is 0 Å². The monoisotopic (exact) mass is 632 g/mol. The number of hydrogen-bond acceptors (Lipinski definition) is 8. The first kappa shape index (κ1) is 35.4. The summed E-state index contributed by atoms with van der Waals surface area (Å²) in [4.78, 5) is 37.1. The van der Waals surface area contributed by atoms with Crippen LogP contribution in [0.15, 0.2) is 73.1 Å². The molecule has 0 spiro atoms. The van der Waals surface area contributed by atoms with Crippen molar-refractivity contribution in [1.82, 2.24) is 19.7 Å². The highest BCUT2D eigenvalue weighted by Gasteiger charge is 2.40. The van der Waals surface area contributed by atoms with Crippen LogP contribution in [0.25, 0.3) is 0 Å². The van der Waals surface area contributed by atoms with Gasteiger partial charge in [0, 0.05) is 43.3 Å². The summed E-state index contributed by atoms with van der Waals surface area (Å²) in [6, 6.07) is 21.6. The zero-order valence-electron chi connectivity index (χ0n) is 26.4. The number of carboxylic acids is 3. The smallest absolute Gasteiger partial charge is 0.336 e. The Labute approximate surface area is 267 Å². The largest absolute Gasteiger partial charge is 0.496 e. The van der Waals surface area contributed by atoms with Gasteiger partial charge in [-0.15, -0.1) is 0 Å². The Kier molecular flexibility index (Phi) is 12.5. The highest BCUT2D eigenvalue weighted by molar-refractivity contribution is 5.88. The molecule has 0 amide bonds. The fourth-order valence-electron chi connectivity index (χ4n) is 4.89. The van der Waals surface area contributed by atoms with E-state index in [1.54, 1.807) is 7.11 Å². The predicted molar refractivity (Wildman–Crippen MR) is 169 cm³/mol. The van der Waals surface area contributed by atoms with Gasteiger partial charge in [-0.1, -0.05) is 35.9 Å². The molecule has 0 bridgehead atoms. The molecule has 2 aromatic heterocycles. The first-order valence-corrected chi connectivity index (χ1v) is 14.5. The van der Waals surface area contributed by atoms with Gasteiger partial charge in [0.25, 0.3) is 0 Å². The number of aliphatic carboxylic acids is 3. The van der Waals surface area contributed by atoms with Gasteiger partial charge in [-0.25, -0.2) is 4.79 Å². The highest BCUT2D eigenvalue weighted by atomic mass is 16.5. The molecule has 0 fully saturated rings. The maximum Gasteiger partial charge on any atom is 0.336 e. The molecule has 0 aliphatic heterocycles. The second-order valence-electron chi connectivity index (χ2n) is 11.2. The molecule has 0 unspecified atom stereocenters. The van der Waals surface area contributed by atoms with Crippen molar-refractivity contribution in [2.24, 2.45) is 0 Å². The lowest BCUT2D eigenvalue weighted by Gasteiger charge is -2.23. The molecular formula is C34H40N4O8. The second-order valence-corrected chi connectivity index (χ2v) is 11.2. The molecule has 4 rings (SSSR count). The number of aliphatic hydroxyl groups is 1. The highest BCUT2D eigenvalue weighted by Crippen LogP contribution is 2.24. The number of ether oxygens (including phenoxy) is 1. The molecule has 4 aromatic rings. The SMILES string of the molecule is COc1ccc(CN(Cc2ccncc2)Cc2ccc(C)cc2)cc1Cn1nc(C)cc1C.O=C(O)CC(O)(CC(=O)O)C(=O)O. The molecular weight excluding hydrogens is 592 g/mol. The summed E-state index contributed by atoms with van der Waals surface area (Å²) in [5, 5.41) is 38.4. The van der Waals surface area contributed by atoms with Gasteiger partial charge < -0.3 is 25.2 Å². The van der Waals surface area contributed by atoms with Gasteiger partial charge in [-0.3, -0.25) is 24.2 Å². The molecule has 12 nitrogen and oxygen atoms in total. The van der Waals surface area contributed by atoms with Crippen molar-refractivity contribution >= 4 is 17.9 Å². The van der Waals surface area contributed by atoms with E-state index in [4.69, 9.17) is 25.2 Å². The lowest BCUT2D eigenvalue weighted by atomic mass is 9.96. The lowest BCUT2D eigenvalue weighted by molar-refractivity contribution is -0.170. The number of benzene rings is 2. The standard InChI is InChI=1S/C28H32N4O.C6H8O7/c1-21-5-7-24(8-6-21)17-31(18-25-11-13-29-14-12-25)19-26-9-10-28(33-4)27(16-26)20-32-23(3)15-22(2)30-32;7-3(8)1-6(13,5(11)12)2-4(9)10/h5-16H,17-20H2,1-4H3;13H,1-2H2,(H,7,8)(H,9,10)(H,11,12). The summed E-state index contributed by atoms with van der Waals surface area (Å²) in [7, 11) is 1.73. The third-order valence-electron chi connectivity index (χ3n) is 7.14. The average Bonchev–Trinajstić information content (AvgIpc) is 3.30. The van der Waals surface area contributed by atoms with E-state index >= 15 is 0 Å². The molecule has 2 heterocycles. The average molecular weight is 633 g/mol. The van der Waals surface area contributed by atoms with Gasteiger partial charge in [-0.05, 0) is 67.8 Å². The van der Waals surface area contributed by atoms with Gasteiger partial charge in [0.05, 0.1) is 32.2 Å². The van der Waals surface area contributed by atoms with Crippen LogP contribution in [-0.4, -0.2) is 70.7 Å². The molecule has 244 valence electrons. The quantitative estimate of drug-likeness (QED) is 0.157. The minimum Gasteiger partial charge on any atom is -0.496 e. The number of aryl methyl sites for hydroxylation is 3. The molecule has 46 heavy (non-hydrogen) atoms. The van der Waals surface area contributed by atoms with E-state index in [9.17, 15) is 14.4 Å². The van der Waals surface area contributed by atoms with Crippen LogP contribution in [0.3, 0.4) is 0 Å². The zero-order valence-corrected chi connectivity index (χ0v) is 26.4. The summed E-state index contributed by atoms with van der Waals surface area (Å²) < 4.78 is 7.70. The first-order chi connectivity index (χ1) is 21.8. The van der Waals surface area contributed by atoms with Gasteiger partial charge in [0.2, 0.25) is 0 Å². The van der Waals surface area contributed by atoms with Gasteiger partial charge >= 0.3 is 17.9 Å². The molecule has 0 aliphatic carbocycles. The van der Waals surface area contributed by atoms with Crippen LogP contribution in [-0.2, 0) is 40.6 Å². The summed E-state index contributed by atoms with van der Waals surface area (Å²) in [5.74, 6) is -4.12. The van der Waals surface area contributed by atoms with Gasteiger partial charge in [0.15, 0.2) is 5.60 Å². The summed E-state index contributed by atoms with van der Waals surface area (Å²) in [5.41, 5.74) is 5.69. The van der Waals surface area contributed by atoms with E-state index in [1.165, 1.54) is 22.3 Å². The van der Waals surface area contributed by atoms with Gasteiger partial charge in [0.1, 0.15) is 5.75 Å². The van der Waals surface area contributed by atoms with E-state index in [0.29, 0.717) is 6.54 Å². The number of methoxy groups -OCH3 is 1. The van der Waals surface area contributed by atoms with Crippen molar-refractivity contribution in [3.05, 3.63) is 112 Å².